The fraction of sp³-hybridized carbons (Fsp3) is 0.562. The Bertz CT molecular complexity index is 407. The van der Waals surface area contributed by atoms with Crippen LogP contribution < -0.4 is 10.2 Å². The number of nitrogens with zero attached hydrogens (tertiary/aromatic N) is 1. The van der Waals surface area contributed by atoms with Gasteiger partial charge in [-0.2, -0.15) is 0 Å². The molecule has 0 unspecified atom stereocenters. The van der Waals surface area contributed by atoms with E-state index < -0.39 is 0 Å². The van der Waals surface area contributed by atoms with Crippen LogP contribution in [0.15, 0.2) is 24.3 Å². The first-order chi connectivity index (χ1) is 9.69. The summed E-state index contributed by atoms with van der Waals surface area (Å²) in [4.78, 5) is 14.1. The molecule has 0 radical (unpaired) electrons. The zero-order valence-electron chi connectivity index (χ0n) is 12.8. The molecule has 0 saturated heterocycles. The SMILES string of the molecule is CCN(C(=O)CCNCCCOC)c1cccc(C)c1. The minimum atomic E-state index is 0.164. The molecule has 20 heavy (non-hydrogen) atoms. The number of hydrogen-bond donors (Lipinski definition) is 1. The molecule has 4 heteroatoms. The van der Waals surface area contributed by atoms with Gasteiger partial charge in [0.2, 0.25) is 5.91 Å². The molecule has 112 valence electrons. The first-order valence-electron chi connectivity index (χ1n) is 7.25. The van der Waals surface area contributed by atoms with E-state index in [9.17, 15) is 4.79 Å². The first kappa shape index (κ1) is 16.7. The molecular formula is C16H26N2O2. The first-order valence-corrected chi connectivity index (χ1v) is 7.25. The van der Waals surface area contributed by atoms with Crippen LogP contribution in [0.4, 0.5) is 5.69 Å². The highest BCUT2D eigenvalue weighted by molar-refractivity contribution is 5.93. The van der Waals surface area contributed by atoms with Gasteiger partial charge in [-0.05, 0) is 44.5 Å². The molecule has 1 aromatic carbocycles. The molecule has 0 aliphatic carbocycles. The predicted octanol–water partition coefficient (Wildman–Crippen LogP) is 2.36. The summed E-state index contributed by atoms with van der Waals surface area (Å²) in [6.45, 7) is 7.10. The van der Waals surface area contributed by atoms with Gasteiger partial charge in [0.1, 0.15) is 0 Å². The third-order valence-corrected chi connectivity index (χ3v) is 3.15. The maximum atomic E-state index is 12.2. The maximum Gasteiger partial charge on any atom is 0.228 e. The standard InChI is InChI=1S/C16H26N2O2/c1-4-18(15-8-5-7-14(2)13-15)16(19)9-11-17-10-6-12-20-3/h5,7-8,13,17H,4,6,9-12H2,1-3H3. The van der Waals surface area contributed by atoms with Gasteiger partial charge in [-0.3, -0.25) is 4.79 Å². The van der Waals surface area contributed by atoms with Gasteiger partial charge in [0.15, 0.2) is 0 Å². The maximum absolute atomic E-state index is 12.2. The van der Waals surface area contributed by atoms with Crippen LogP contribution in [0.3, 0.4) is 0 Å². The highest BCUT2D eigenvalue weighted by atomic mass is 16.5. The van der Waals surface area contributed by atoms with Crippen LogP contribution in [0.2, 0.25) is 0 Å². The molecule has 0 heterocycles. The smallest absolute Gasteiger partial charge is 0.228 e. The van der Waals surface area contributed by atoms with E-state index in [2.05, 4.69) is 5.32 Å². The second kappa shape index (κ2) is 9.50. The molecule has 0 aromatic heterocycles. The van der Waals surface area contributed by atoms with Crippen LogP contribution >= 0.6 is 0 Å². The molecular weight excluding hydrogens is 252 g/mol. The fourth-order valence-corrected chi connectivity index (χ4v) is 2.10. The summed E-state index contributed by atoms with van der Waals surface area (Å²) < 4.78 is 4.98. The largest absolute Gasteiger partial charge is 0.385 e. The molecule has 4 nitrogen and oxygen atoms in total. The molecule has 1 aromatic rings. The molecule has 0 saturated carbocycles. The van der Waals surface area contributed by atoms with Crippen LogP contribution in [0.25, 0.3) is 0 Å². The van der Waals surface area contributed by atoms with Gasteiger partial charge in [0.05, 0.1) is 0 Å². The number of nitrogens with one attached hydrogen (secondary N) is 1. The van der Waals surface area contributed by atoms with Gasteiger partial charge >= 0.3 is 0 Å². The normalized spacial score (nSPS) is 10.6. The Labute approximate surface area is 122 Å². The summed E-state index contributed by atoms with van der Waals surface area (Å²) in [5, 5.41) is 3.27. The molecule has 1 amide bonds. The lowest BCUT2D eigenvalue weighted by Crippen LogP contribution is -2.33. The van der Waals surface area contributed by atoms with Crippen LogP contribution in [0.1, 0.15) is 25.3 Å². The number of amides is 1. The zero-order chi connectivity index (χ0) is 14.8. The highest BCUT2D eigenvalue weighted by Gasteiger charge is 2.13. The lowest BCUT2D eigenvalue weighted by atomic mass is 10.2. The quantitative estimate of drug-likeness (QED) is 0.705. The Kier molecular flexibility index (Phi) is 7.92. The molecule has 0 atom stereocenters. The van der Waals surface area contributed by atoms with E-state index in [1.165, 1.54) is 5.56 Å². The lowest BCUT2D eigenvalue weighted by Gasteiger charge is -2.21. The number of aryl methyl sites for hydroxylation is 1. The van der Waals surface area contributed by atoms with Crippen LogP contribution in [-0.2, 0) is 9.53 Å². The number of methoxy groups -OCH3 is 1. The Morgan fingerprint density at radius 3 is 2.80 bits per heavy atom. The van der Waals surface area contributed by atoms with E-state index >= 15 is 0 Å². The molecule has 0 bridgehead atoms. The van der Waals surface area contributed by atoms with Crippen LogP contribution in [-0.4, -0.2) is 39.3 Å². The van der Waals surface area contributed by atoms with Crippen LogP contribution in [0, 0.1) is 6.92 Å². The third-order valence-electron chi connectivity index (χ3n) is 3.15. The van der Waals surface area contributed by atoms with Gasteiger partial charge < -0.3 is 15.0 Å². The minimum absolute atomic E-state index is 0.164. The van der Waals surface area contributed by atoms with E-state index in [0.717, 1.165) is 25.3 Å². The molecule has 0 fully saturated rings. The van der Waals surface area contributed by atoms with Crippen molar-refractivity contribution in [2.45, 2.75) is 26.7 Å². The number of ether oxygens (including phenoxy) is 1. The number of benzene rings is 1. The van der Waals surface area contributed by atoms with E-state index in [1.807, 2.05) is 43.0 Å². The Balaban J connectivity index is 2.40. The van der Waals surface area contributed by atoms with Crippen molar-refractivity contribution in [3.8, 4) is 0 Å². The van der Waals surface area contributed by atoms with Crippen molar-refractivity contribution in [1.82, 2.24) is 5.32 Å². The molecule has 1 N–H and O–H groups in total. The summed E-state index contributed by atoms with van der Waals surface area (Å²) in [6.07, 6.45) is 1.49. The van der Waals surface area contributed by atoms with Crippen molar-refractivity contribution in [2.75, 3.05) is 38.3 Å². The van der Waals surface area contributed by atoms with Crippen molar-refractivity contribution in [1.29, 1.82) is 0 Å². The van der Waals surface area contributed by atoms with Crippen molar-refractivity contribution >= 4 is 11.6 Å². The van der Waals surface area contributed by atoms with Gasteiger partial charge in [-0.15, -0.1) is 0 Å². The summed E-state index contributed by atoms with van der Waals surface area (Å²) >= 11 is 0. The highest BCUT2D eigenvalue weighted by Crippen LogP contribution is 2.16. The van der Waals surface area contributed by atoms with Crippen LogP contribution in [0.5, 0.6) is 0 Å². The molecule has 0 aliphatic heterocycles. The Morgan fingerprint density at radius 1 is 1.35 bits per heavy atom. The minimum Gasteiger partial charge on any atom is -0.385 e. The van der Waals surface area contributed by atoms with E-state index in [-0.39, 0.29) is 5.91 Å². The Hall–Kier alpha value is -1.39. The molecule has 0 aliphatic rings. The second-order valence-corrected chi connectivity index (χ2v) is 4.82. The van der Waals surface area contributed by atoms with Gasteiger partial charge in [-0.1, -0.05) is 12.1 Å². The van der Waals surface area contributed by atoms with E-state index in [0.29, 0.717) is 19.5 Å². The monoisotopic (exact) mass is 278 g/mol. The molecule has 0 spiro atoms. The molecule has 1 rings (SSSR count). The number of rotatable bonds is 9. The van der Waals surface area contributed by atoms with Crippen molar-refractivity contribution in [3.05, 3.63) is 29.8 Å². The summed E-state index contributed by atoms with van der Waals surface area (Å²) in [5.41, 5.74) is 2.16. The van der Waals surface area contributed by atoms with Gasteiger partial charge in [-0.25, -0.2) is 0 Å². The summed E-state index contributed by atoms with van der Waals surface area (Å²) in [6, 6.07) is 8.07. The third kappa shape index (κ3) is 5.72. The van der Waals surface area contributed by atoms with Crippen molar-refractivity contribution in [2.24, 2.45) is 0 Å². The van der Waals surface area contributed by atoms with Gasteiger partial charge in [0.25, 0.3) is 0 Å². The second-order valence-electron chi connectivity index (χ2n) is 4.82. The Morgan fingerprint density at radius 2 is 2.15 bits per heavy atom. The fourth-order valence-electron chi connectivity index (χ4n) is 2.10. The number of anilines is 1. The topological polar surface area (TPSA) is 41.6 Å². The van der Waals surface area contributed by atoms with Crippen molar-refractivity contribution in [3.63, 3.8) is 0 Å². The van der Waals surface area contributed by atoms with E-state index in [1.54, 1.807) is 7.11 Å². The van der Waals surface area contributed by atoms with Gasteiger partial charge in [0, 0.05) is 38.9 Å². The van der Waals surface area contributed by atoms with E-state index in [4.69, 9.17) is 4.74 Å². The predicted molar refractivity (Wildman–Crippen MR) is 83.2 cm³/mol. The number of carbonyl (C=O) groups is 1. The van der Waals surface area contributed by atoms with Crippen molar-refractivity contribution < 1.29 is 9.53 Å². The lowest BCUT2D eigenvalue weighted by molar-refractivity contribution is -0.118. The number of hydrogen-bond acceptors (Lipinski definition) is 3. The zero-order valence-corrected chi connectivity index (χ0v) is 12.8. The summed E-state index contributed by atoms with van der Waals surface area (Å²) in [5.74, 6) is 0.164. The average molecular weight is 278 g/mol. The number of carbonyl (C=O) groups excluding carboxylic acids is 1. The average Bonchev–Trinajstić information content (AvgIpc) is 2.43. The summed E-state index contributed by atoms with van der Waals surface area (Å²) in [7, 11) is 1.70.